The van der Waals surface area contributed by atoms with Crippen molar-refractivity contribution in [1.29, 1.82) is 0 Å². The number of halogens is 4. The van der Waals surface area contributed by atoms with Crippen LogP contribution in [0.2, 0.25) is 0 Å². The van der Waals surface area contributed by atoms with E-state index in [0.29, 0.717) is 18.8 Å². The minimum Gasteiger partial charge on any atom is -0.381 e. The predicted molar refractivity (Wildman–Crippen MR) is 69.6 cm³/mol. The van der Waals surface area contributed by atoms with Crippen molar-refractivity contribution < 1.29 is 17.9 Å². The molecule has 1 aromatic rings. The second-order valence-electron chi connectivity index (χ2n) is 4.71. The highest BCUT2D eigenvalue weighted by molar-refractivity contribution is 9.10. The van der Waals surface area contributed by atoms with Crippen molar-refractivity contribution in [2.45, 2.75) is 25.1 Å². The summed E-state index contributed by atoms with van der Waals surface area (Å²) in [6.45, 7) is 1.25. The molecule has 0 saturated carbocycles. The van der Waals surface area contributed by atoms with Gasteiger partial charge in [0.05, 0.1) is 5.56 Å². The van der Waals surface area contributed by atoms with Gasteiger partial charge in [0.25, 0.3) is 0 Å². The Labute approximate surface area is 118 Å². The summed E-state index contributed by atoms with van der Waals surface area (Å²) in [4.78, 5) is 0. The first-order valence-electron chi connectivity index (χ1n) is 6.09. The second kappa shape index (κ2) is 5.81. The van der Waals surface area contributed by atoms with Crippen LogP contribution in [0.3, 0.4) is 0 Å². The highest BCUT2D eigenvalue weighted by Gasteiger charge is 2.34. The highest BCUT2D eigenvalue weighted by atomic mass is 79.9. The van der Waals surface area contributed by atoms with E-state index < -0.39 is 11.7 Å². The van der Waals surface area contributed by atoms with Gasteiger partial charge in [-0.15, -0.1) is 0 Å². The van der Waals surface area contributed by atoms with E-state index in [0.717, 1.165) is 18.9 Å². The number of hydrogen-bond acceptors (Lipinski definition) is 2. The Morgan fingerprint density at radius 2 is 1.89 bits per heavy atom. The van der Waals surface area contributed by atoms with Crippen LogP contribution in [0.4, 0.5) is 13.2 Å². The van der Waals surface area contributed by atoms with Crippen molar-refractivity contribution in [2.75, 3.05) is 13.2 Å². The van der Waals surface area contributed by atoms with E-state index in [2.05, 4.69) is 15.9 Å². The Morgan fingerprint density at radius 1 is 1.26 bits per heavy atom. The molecule has 19 heavy (non-hydrogen) atoms. The molecule has 1 fully saturated rings. The molecule has 1 saturated heterocycles. The molecule has 0 spiro atoms. The molecule has 2 rings (SSSR count). The first kappa shape index (κ1) is 14.8. The summed E-state index contributed by atoms with van der Waals surface area (Å²) < 4.78 is 43.8. The summed E-state index contributed by atoms with van der Waals surface area (Å²) in [5.41, 5.74) is 5.95. The standard InChI is InChI=1S/C13H15BrF3NO/c14-11-2-1-9(7-10(11)13(15,16)17)12(18)8-3-5-19-6-4-8/h1-2,7-8,12H,3-6,18H2. The molecule has 1 aliphatic heterocycles. The Bertz CT molecular complexity index is 444. The molecule has 0 bridgehead atoms. The maximum absolute atomic E-state index is 12.8. The molecule has 2 N–H and O–H groups in total. The van der Waals surface area contributed by atoms with Crippen molar-refractivity contribution >= 4 is 15.9 Å². The summed E-state index contributed by atoms with van der Waals surface area (Å²) in [5, 5.41) is 0. The van der Waals surface area contributed by atoms with Gasteiger partial charge in [-0.05, 0) is 36.5 Å². The van der Waals surface area contributed by atoms with Gasteiger partial charge < -0.3 is 10.5 Å². The number of nitrogens with two attached hydrogens (primary N) is 1. The molecule has 1 aliphatic rings. The van der Waals surface area contributed by atoms with E-state index in [-0.39, 0.29) is 16.4 Å². The highest BCUT2D eigenvalue weighted by Crippen LogP contribution is 2.37. The molecule has 1 heterocycles. The molecule has 0 aliphatic carbocycles. The second-order valence-corrected chi connectivity index (χ2v) is 5.57. The zero-order valence-corrected chi connectivity index (χ0v) is 11.8. The van der Waals surface area contributed by atoms with Crippen molar-refractivity contribution in [3.8, 4) is 0 Å². The molecule has 0 amide bonds. The van der Waals surface area contributed by atoms with Crippen LogP contribution < -0.4 is 5.73 Å². The first-order valence-corrected chi connectivity index (χ1v) is 6.89. The number of ether oxygens (including phenoxy) is 1. The van der Waals surface area contributed by atoms with E-state index >= 15 is 0 Å². The van der Waals surface area contributed by atoms with Gasteiger partial charge in [0, 0.05) is 23.7 Å². The van der Waals surface area contributed by atoms with E-state index in [1.54, 1.807) is 6.07 Å². The SMILES string of the molecule is NC(c1ccc(Br)c(C(F)(F)F)c1)C1CCOCC1. The molecular formula is C13H15BrF3NO. The Kier molecular flexibility index (Phi) is 4.53. The lowest BCUT2D eigenvalue weighted by Crippen LogP contribution is -2.27. The summed E-state index contributed by atoms with van der Waals surface area (Å²) in [7, 11) is 0. The topological polar surface area (TPSA) is 35.2 Å². The number of hydrogen-bond donors (Lipinski definition) is 1. The van der Waals surface area contributed by atoms with Crippen LogP contribution in [0.1, 0.15) is 30.0 Å². The van der Waals surface area contributed by atoms with Crippen molar-refractivity contribution in [1.82, 2.24) is 0 Å². The molecule has 1 unspecified atom stereocenters. The van der Waals surface area contributed by atoms with Gasteiger partial charge in [-0.25, -0.2) is 0 Å². The van der Waals surface area contributed by atoms with Crippen LogP contribution >= 0.6 is 15.9 Å². The van der Waals surface area contributed by atoms with Crippen LogP contribution in [0.5, 0.6) is 0 Å². The van der Waals surface area contributed by atoms with E-state index in [4.69, 9.17) is 10.5 Å². The molecule has 106 valence electrons. The molecule has 0 radical (unpaired) electrons. The van der Waals surface area contributed by atoms with Crippen molar-refractivity contribution in [2.24, 2.45) is 11.7 Å². The lowest BCUT2D eigenvalue weighted by molar-refractivity contribution is -0.138. The molecular weight excluding hydrogens is 323 g/mol. The Balaban J connectivity index is 2.24. The summed E-state index contributed by atoms with van der Waals surface area (Å²) in [6, 6.07) is 3.83. The van der Waals surface area contributed by atoms with Crippen LogP contribution in [0.15, 0.2) is 22.7 Å². The van der Waals surface area contributed by atoms with Gasteiger partial charge in [0.1, 0.15) is 0 Å². The molecule has 2 nitrogen and oxygen atoms in total. The summed E-state index contributed by atoms with van der Waals surface area (Å²) in [5.74, 6) is 0.177. The first-order chi connectivity index (χ1) is 8.89. The average Bonchev–Trinajstić information content (AvgIpc) is 2.38. The van der Waals surface area contributed by atoms with Gasteiger partial charge in [-0.2, -0.15) is 13.2 Å². The fourth-order valence-electron chi connectivity index (χ4n) is 2.31. The van der Waals surface area contributed by atoms with Gasteiger partial charge in [-0.1, -0.05) is 22.0 Å². The van der Waals surface area contributed by atoms with Crippen molar-refractivity contribution in [3.63, 3.8) is 0 Å². The van der Waals surface area contributed by atoms with Crippen LogP contribution in [-0.4, -0.2) is 13.2 Å². The monoisotopic (exact) mass is 337 g/mol. The maximum Gasteiger partial charge on any atom is 0.417 e. The predicted octanol–water partition coefficient (Wildman–Crippen LogP) is 3.89. The molecule has 6 heteroatoms. The summed E-state index contributed by atoms with van der Waals surface area (Å²) in [6.07, 6.45) is -2.79. The molecule has 0 aromatic heterocycles. The van der Waals surface area contributed by atoms with Crippen molar-refractivity contribution in [3.05, 3.63) is 33.8 Å². The van der Waals surface area contributed by atoms with Gasteiger partial charge in [0.15, 0.2) is 0 Å². The third-order valence-electron chi connectivity index (χ3n) is 3.45. The normalized spacial score (nSPS) is 19.4. The summed E-state index contributed by atoms with van der Waals surface area (Å²) >= 11 is 2.93. The van der Waals surface area contributed by atoms with Gasteiger partial charge >= 0.3 is 6.18 Å². The minimum atomic E-state index is -4.37. The Morgan fingerprint density at radius 3 is 2.47 bits per heavy atom. The molecule has 1 aromatic carbocycles. The average molecular weight is 338 g/mol. The largest absolute Gasteiger partial charge is 0.417 e. The van der Waals surface area contributed by atoms with E-state index in [9.17, 15) is 13.2 Å². The lowest BCUT2D eigenvalue weighted by Gasteiger charge is -2.28. The zero-order valence-electron chi connectivity index (χ0n) is 10.2. The minimum absolute atomic E-state index is 0.0444. The zero-order chi connectivity index (χ0) is 14.0. The van der Waals surface area contributed by atoms with Crippen LogP contribution in [0.25, 0.3) is 0 Å². The number of alkyl halides is 3. The van der Waals surface area contributed by atoms with E-state index in [1.165, 1.54) is 6.07 Å². The Hall–Kier alpha value is -0.590. The third kappa shape index (κ3) is 3.49. The van der Waals surface area contributed by atoms with Gasteiger partial charge in [-0.3, -0.25) is 0 Å². The smallest absolute Gasteiger partial charge is 0.381 e. The fraction of sp³-hybridized carbons (Fsp3) is 0.538. The number of rotatable bonds is 2. The van der Waals surface area contributed by atoms with Gasteiger partial charge in [0.2, 0.25) is 0 Å². The molecule has 1 atom stereocenters. The van der Waals surface area contributed by atoms with Crippen LogP contribution in [-0.2, 0) is 10.9 Å². The van der Waals surface area contributed by atoms with E-state index in [1.807, 2.05) is 0 Å². The maximum atomic E-state index is 12.8. The third-order valence-corrected chi connectivity index (χ3v) is 4.15. The van der Waals surface area contributed by atoms with Crippen LogP contribution in [0, 0.1) is 5.92 Å². The quantitative estimate of drug-likeness (QED) is 0.888. The fourth-order valence-corrected chi connectivity index (χ4v) is 2.79. The number of benzene rings is 1. The lowest BCUT2D eigenvalue weighted by atomic mass is 9.87.